The Balaban J connectivity index is 2.71. The van der Waals surface area contributed by atoms with Crippen LogP contribution in [0.2, 0.25) is 0 Å². The molecule has 2 heteroatoms. The summed E-state index contributed by atoms with van der Waals surface area (Å²) in [5.74, 6) is 0. The average molecular weight is 268 g/mol. The van der Waals surface area contributed by atoms with Crippen LogP contribution in [-0.4, -0.2) is 38.1 Å². The van der Waals surface area contributed by atoms with Crippen LogP contribution in [0.1, 0.15) is 32.3 Å². The van der Waals surface area contributed by atoms with Gasteiger partial charge in [0, 0.05) is 0 Å². The molecule has 0 spiro atoms. The average Bonchev–Trinajstić information content (AvgIpc) is 2.29. The monoisotopic (exact) mass is 269 g/mol. The van der Waals surface area contributed by atoms with Crippen LogP contribution < -0.4 is 0 Å². The summed E-state index contributed by atoms with van der Waals surface area (Å²) in [4.78, 5) is 2.43. The summed E-state index contributed by atoms with van der Waals surface area (Å²) in [7, 11) is 0. The van der Waals surface area contributed by atoms with E-state index in [0.29, 0.717) is 0 Å². The predicted molar refractivity (Wildman–Crippen MR) is 68.5 cm³/mol. The van der Waals surface area contributed by atoms with Crippen molar-refractivity contribution in [1.82, 2.24) is 4.90 Å². The molecule has 0 aliphatic heterocycles. The van der Waals surface area contributed by atoms with Gasteiger partial charge in [-0.1, -0.05) is 0 Å². The van der Waals surface area contributed by atoms with Crippen molar-refractivity contribution in [2.75, 3.05) is 13.1 Å². The van der Waals surface area contributed by atoms with E-state index in [-0.39, 0.29) is 0 Å². The van der Waals surface area contributed by atoms with Gasteiger partial charge >= 0.3 is 101 Å². The number of rotatable bonds is 6. The van der Waals surface area contributed by atoms with Gasteiger partial charge in [-0.25, -0.2) is 0 Å². The Morgan fingerprint density at radius 1 is 1.07 bits per heavy atom. The van der Waals surface area contributed by atoms with Crippen LogP contribution in [0.5, 0.6) is 0 Å². The summed E-state index contributed by atoms with van der Waals surface area (Å²) >= 11 is 3.21. The van der Waals surface area contributed by atoms with Gasteiger partial charge in [-0.15, -0.1) is 0 Å². The first-order valence-corrected chi connectivity index (χ1v) is 6.49. The van der Waals surface area contributed by atoms with Crippen LogP contribution in [0.3, 0.4) is 0 Å². The van der Waals surface area contributed by atoms with Crippen molar-refractivity contribution in [2.24, 2.45) is 0 Å². The molecule has 0 saturated heterocycles. The Bertz CT molecular complexity index is 289. The maximum atomic E-state index is 3.21. The molecular weight excluding hydrogens is 249 g/mol. The third kappa shape index (κ3) is 3.81. The van der Waals surface area contributed by atoms with E-state index in [9.17, 15) is 0 Å². The molecular formula is C13H19NSe. The minimum atomic E-state index is 1.13. The van der Waals surface area contributed by atoms with Crippen LogP contribution in [0.4, 0.5) is 0 Å². The normalized spacial score (nSPS) is 10.0. The Hall–Kier alpha value is -0.591. The first-order valence-electron chi connectivity index (χ1n) is 5.64. The molecule has 1 nitrogen and oxygen atoms in total. The second kappa shape index (κ2) is 6.81. The van der Waals surface area contributed by atoms with Gasteiger partial charge in [-0.3, -0.25) is 0 Å². The van der Waals surface area contributed by atoms with Gasteiger partial charge in [0.1, 0.15) is 0 Å². The Morgan fingerprint density at radius 3 is 2.07 bits per heavy atom. The summed E-state index contributed by atoms with van der Waals surface area (Å²) in [6, 6.07) is 10.5. The fraction of sp³-hybridized carbons (Fsp3) is 0.462. The standard InChI is InChI=1S/C13H19NSe/c1-3-10-14(11-4-2)13(15)12-8-6-5-7-9-12/h5-9H,3-4,10-11H2,1-2H3. The van der Waals surface area contributed by atoms with Crippen molar-refractivity contribution in [3.63, 3.8) is 0 Å². The molecule has 1 aromatic rings. The van der Waals surface area contributed by atoms with Gasteiger partial charge in [0.25, 0.3) is 0 Å². The van der Waals surface area contributed by atoms with Crippen molar-refractivity contribution in [3.05, 3.63) is 35.9 Å². The number of benzene rings is 1. The van der Waals surface area contributed by atoms with E-state index in [1.807, 2.05) is 0 Å². The fourth-order valence-corrected chi connectivity index (χ4v) is 2.29. The van der Waals surface area contributed by atoms with Crippen LogP contribution >= 0.6 is 0 Å². The van der Waals surface area contributed by atoms with E-state index in [4.69, 9.17) is 0 Å². The molecule has 0 heterocycles. The third-order valence-electron chi connectivity index (χ3n) is 2.30. The molecule has 0 fully saturated rings. The summed E-state index contributed by atoms with van der Waals surface area (Å²) in [5, 5.41) is 0. The van der Waals surface area contributed by atoms with Crippen molar-refractivity contribution >= 4 is 20.1 Å². The zero-order chi connectivity index (χ0) is 11.1. The van der Waals surface area contributed by atoms with Crippen molar-refractivity contribution in [2.45, 2.75) is 26.7 Å². The molecule has 0 unspecified atom stereocenters. The second-order valence-electron chi connectivity index (χ2n) is 3.66. The zero-order valence-electron chi connectivity index (χ0n) is 9.57. The van der Waals surface area contributed by atoms with Gasteiger partial charge < -0.3 is 0 Å². The molecule has 0 N–H and O–H groups in total. The zero-order valence-corrected chi connectivity index (χ0v) is 11.3. The van der Waals surface area contributed by atoms with E-state index >= 15 is 0 Å². The minimum absolute atomic E-state index is 1.13. The van der Waals surface area contributed by atoms with Gasteiger partial charge in [-0.05, 0) is 0 Å². The molecule has 15 heavy (non-hydrogen) atoms. The molecule has 0 aliphatic rings. The van der Waals surface area contributed by atoms with Crippen LogP contribution in [-0.2, 0) is 0 Å². The molecule has 0 aliphatic carbocycles. The molecule has 0 bridgehead atoms. The summed E-state index contributed by atoms with van der Waals surface area (Å²) < 4.78 is 1.28. The number of hydrogen-bond acceptors (Lipinski definition) is 1. The Morgan fingerprint density at radius 2 is 1.60 bits per heavy atom. The Kier molecular flexibility index (Phi) is 5.67. The van der Waals surface area contributed by atoms with Gasteiger partial charge in [0.2, 0.25) is 0 Å². The molecule has 1 rings (SSSR count). The van der Waals surface area contributed by atoms with Gasteiger partial charge in [0.05, 0.1) is 0 Å². The molecule has 1 aromatic carbocycles. The fourth-order valence-electron chi connectivity index (χ4n) is 1.62. The maximum absolute atomic E-state index is 3.21. The predicted octanol–water partition coefficient (Wildman–Crippen LogP) is 2.46. The van der Waals surface area contributed by atoms with E-state index < -0.39 is 0 Å². The number of hydrogen-bond donors (Lipinski definition) is 0. The van der Waals surface area contributed by atoms with Gasteiger partial charge in [-0.2, -0.15) is 0 Å². The topological polar surface area (TPSA) is 3.24 Å². The number of nitrogens with zero attached hydrogens (tertiary/aromatic N) is 1. The van der Waals surface area contributed by atoms with E-state index in [0.717, 1.165) is 13.1 Å². The molecule has 0 radical (unpaired) electrons. The van der Waals surface area contributed by atoms with Crippen LogP contribution in [0.25, 0.3) is 0 Å². The SMILES string of the molecule is CCCN(CCC)C(=[Se])c1ccccc1. The van der Waals surface area contributed by atoms with Crippen LogP contribution in [0.15, 0.2) is 30.3 Å². The molecule has 0 amide bonds. The molecule has 82 valence electrons. The Labute approximate surface area is 101 Å². The first-order chi connectivity index (χ1) is 7.29. The molecule has 0 atom stereocenters. The van der Waals surface area contributed by atoms with Crippen LogP contribution in [0, 0.1) is 0 Å². The second-order valence-corrected chi connectivity index (χ2v) is 4.47. The summed E-state index contributed by atoms with van der Waals surface area (Å²) in [6.07, 6.45) is 2.38. The van der Waals surface area contributed by atoms with Crippen molar-refractivity contribution < 1.29 is 0 Å². The third-order valence-corrected chi connectivity index (χ3v) is 3.33. The first kappa shape index (κ1) is 12.5. The van der Waals surface area contributed by atoms with E-state index in [2.05, 4.69) is 64.7 Å². The van der Waals surface area contributed by atoms with Crippen molar-refractivity contribution in [1.29, 1.82) is 0 Å². The quantitative estimate of drug-likeness (QED) is 0.716. The van der Waals surface area contributed by atoms with E-state index in [1.165, 1.54) is 22.9 Å². The molecule has 0 aromatic heterocycles. The van der Waals surface area contributed by atoms with Crippen molar-refractivity contribution in [3.8, 4) is 0 Å². The molecule has 0 saturated carbocycles. The summed E-state index contributed by atoms with van der Waals surface area (Å²) in [6.45, 7) is 6.71. The van der Waals surface area contributed by atoms with E-state index in [1.54, 1.807) is 0 Å². The van der Waals surface area contributed by atoms with Gasteiger partial charge in [0.15, 0.2) is 0 Å². The summed E-state index contributed by atoms with van der Waals surface area (Å²) in [5.41, 5.74) is 1.29.